The van der Waals surface area contributed by atoms with Crippen LogP contribution in [-0.4, -0.2) is 22.3 Å². The van der Waals surface area contributed by atoms with E-state index in [0.29, 0.717) is 16.8 Å². The molecule has 0 spiro atoms. The SMILES string of the molecule is N=CC(C1=CN2C(c3ccccn3)=CNC2C=C1)=C(N)c1ccc(F)cc1. The van der Waals surface area contributed by atoms with Crippen molar-refractivity contribution in [1.82, 2.24) is 15.2 Å². The number of aromatic nitrogens is 1. The molecule has 2 aliphatic heterocycles. The zero-order chi connectivity index (χ0) is 18.8. The van der Waals surface area contributed by atoms with E-state index < -0.39 is 0 Å². The number of hydrogen-bond donors (Lipinski definition) is 3. The van der Waals surface area contributed by atoms with Gasteiger partial charge in [0, 0.05) is 41.7 Å². The lowest BCUT2D eigenvalue weighted by Gasteiger charge is -2.28. The average Bonchev–Trinajstić information content (AvgIpc) is 3.13. The first-order valence-corrected chi connectivity index (χ1v) is 8.50. The molecule has 4 N–H and O–H groups in total. The summed E-state index contributed by atoms with van der Waals surface area (Å²) in [6, 6.07) is 11.7. The zero-order valence-corrected chi connectivity index (χ0v) is 14.4. The lowest BCUT2D eigenvalue weighted by molar-refractivity contribution is 0.438. The second kappa shape index (κ2) is 6.92. The van der Waals surface area contributed by atoms with Crippen LogP contribution in [-0.2, 0) is 0 Å². The number of rotatable bonds is 4. The molecule has 1 atom stereocenters. The Kier molecular flexibility index (Phi) is 4.30. The standard InChI is InChI=1S/C21H18FN5/c22-16-7-4-14(5-8-16)21(24)17(11-23)15-6-9-20-26-12-19(27(20)13-15)18-3-1-2-10-25-18/h1-13,20,23,26H,24H2. The number of pyridine rings is 1. The van der Waals surface area contributed by atoms with Crippen LogP contribution in [0.15, 0.2) is 84.4 Å². The Labute approximate surface area is 156 Å². The summed E-state index contributed by atoms with van der Waals surface area (Å²) < 4.78 is 13.2. The summed E-state index contributed by atoms with van der Waals surface area (Å²) in [5.41, 5.74) is 10.5. The number of benzene rings is 1. The molecule has 0 aliphatic carbocycles. The van der Waals surface area contributed by atoms with E-state index in [2.05, 4.69) is 15.2 Å². The van der Waals surface area contributed by atoms with Crippen LogP contribution in [0.4, 0.5) is 4.39 Å². The highest BCUT2D eigenvalue weighted by Gasteiger charge is 2.27. The Hall–Kier alpha value is -3.67. The summed E-state index contributed by atoms with van der Waals surface area (Å²) in [5.74, 6) is -0.323. The molecule has 5 nitrogen and oxygen atoms in total. The predicted molar refractivity (Wildman–Crippen MR) is 104 cm³/mol. The highest BCUT2D eigenvalue weighted by molar-refractivity contribution is 5.95. The molecular weight excluding hydrogens is 341 g/mol. The minimum atomic E-state index is -0.323. The maximum absolute atomic E-state index is 13.2. The number of nitrogens with one attached hydrogen (secondary N) is 2. The fourth-order valence-corrected chi connectivity index (χ4v) is 3.14. The monoisotopic (exact) mass is 359 g/mol. The molecule has 2 aromatic rings. The van der Waals surface area contributed by atoms with Crippen LogP contribution in [0.1, 0.15) is 11.3 Å². The van der Waals surface area contributed by atoms with E-state index in [-0.39, 0.29) is 12.0 Å². The highest BCUT2D eigenvalue weighted by atomic mass is 19.1. The molecule has 0 bridgehead atoms. The second-order valence-electron chi connectivity index (χ2n) is 6.19. The van der Waals surface area contributed by atoms with Crippen molar-refractivity contribution in [3.8, 4) is 0 Å². The van der Waals surface area contributed by atoms with Crippen LogP contribution < -0.4 is 11.1 Å². The Morgan fingerprint density at radius 1 is 1.22 bits per heavy atom. The lowest BCUT2D eigenvalue weighted by Crippen LogP contribution is -2.33. The molecule has 6 heteroatoms. The van der Waals surface area contributed by atoms with Gasteiger partial charge in [-0.25, -0.2) is 4.39 Å². The topological polar surface area (TPSA) is 78.0 Å². The van der Waals surface area contributed by atoms with Crippen LogP contribution >= 0.6 is 0 Å². The Bertz CT molecular complexity index is 987. The van der Waals surface area contributed by atoms with Crippen molar-refractivity contribution in [2.75, 3.05) is 0 Å². The van der Waals surface area contributed by atoms with Gasteiger partial charge < -0.3 is 21.4 Å². The van der Waals surface area contributed by atoms with Crippen molar-refractivity contribution in [2.24, 2.45) is 5.73 Å². The molecule has 1 aromatic carbocycles. The summed E-state index contributed by atoms with van der Waals surface area (Å²) in [4.78, 5) is 6.47. The molecule has 2 aliphatic rings. The summed E-state index contributed by atoms with van der Waals surface area (Å²) in [5, 5.41) is 11.1. The van der Waals surface area contributed by atoms with Gasteiger partial charge in [-0.05, 0) is 48.0 Å². The van der Waals surface area contributed by atoms with Gasteiger partial charge in [0.1, 0.15) is 12.0 Å². The van der Waals surface area contributed by atoms with Crippen LogP contribution in [0.2, 0.25) is 0 Å². The number of nitrogens with zero attached hydrogens (tertiary/aromatic N) is 2. The summed E-state index contributed by atoms with van der Waals surface area (Å²) >= 11 is 0. The summed E-state index contributed by atoms with van der Waals surface area (Å²) in [7, 11) is 0. The molecule has 0 amide bonds. The van der Waals surface area contributed by atoms with Crippen molar-refractivity contribution in [2.45, 2.75) is 6.17 Å². The van der Waals surface area contributed by atoms with Gasteiger partial charge in [0.25, 0.3) is 0 Å². The van der Waals surface area contributed by atoms with Gasteiger partial charge in [-0.15, -0.1) is 0 Å². The molecule has 0 radical (unpaired) electrons. The highest BCUT2D eigenvalue weighted by Crippen LogP contribution is 2.31. The summed E-state index contributed by atoms with van der Waals surface area (Å²) in [6.07, 6.45) is 10.8. The molecule has 0 saturated carbocycles. The molecule has 1 unspecified atom stereocenters. The van der Waals surface area contributed by atoms with Gasteiger partial charge in [-0.2, -0.15) is 0 Å². The van der Waals surface area contributed by atoms with E-state index >= 15 is 0 Å². The number of fused-ring (bicyclic) bond motifs is 1. The first-order chi connectivity index (χ1) is 13.2. The first-order valence-electron chi connectivity index (χ1n) is 8.50. The van der Waals surface area contributed by atoms with E-state index in [9.17, 15) is 4.39 Å². The largest absolute Gasteiger partial charge is 0.398 e. The van der Waals surface area contributed by atoms with Gasteiger partial charge in [-0.3, -0.25) is 4.98 Å². The first kappa shape index (κ1) is 16.8. The number of hydrogen-bond acceptors (Lipinski definition) is 5. The number of halogens is 1. The van der Waals surface area contributed by atoms with Crippen molar-refractivity contribution in [3.05, 3.63) is 101 Å². The van der Waals surface area contributed by atoms with Gasteiger partial charge >= 0.3 is 0 Å². The zero-order valence-electron chi connectivity index (χ0n) is 14.4. The lowest BCUT2D eigenvalue weighted by atomic mass is 9.99. The smallest absolute Gasteiger partial charge is 0.123 e. The van der Waals surface area contributed by atoms with Gasteiger partial charge in [0.2, 0.25) is 0 Å². The van der Waals surface area contributed by atoms with Crippen molar-refractivity contribution in [1.29, 1.82) is 5.41 Å². The third kappa shape index (κ3) is 3.13. The Balaban J connectivity index is 1.71. The van der Waals surface area contributed by atoms with E-state index in [1.807, 2.05) is 42.8 Å². The van der Waals surface area contributed by atoms with Gasteiger partial charge in [-0.1, -0.05) is 12.1 Å². The van der Waals surface area contributed by atoms with Crippen molar-refractivity contribution < 1.29 is 4.39 Å². The van der Waals surface area contributed by atoms with Crippen molar-refractivity contribution >= 4 is 17.6 Å². The average molecular weight is 359 g/mol. The number of nitrogens with two attached hydrogens (primary N) is 1. The Morgan fingerprint density at radius 3 is 2.74 bits per heavy atom. The molecule has 1 aromatic heterocycles. The third-order valence-electron chi connectivity index (χ3n) is 4.53. The Morgan fingerprint density at radius 2 is 2.04 bits per heavy atom. The van der Waals surface area contributed by atoms with Crippen LogP contribution in [0, 0.1) is 11.2 Å². The molecule has 4 rings (SSSR count). The predicted octanol–water partition coefficient (Wildman–Crippen LogP) is 3.22. The quantitative estimate of drug-likeness (QED) is 0.733. The van der Waals surface area contributed by atoms with Gasteiger partial charge in [0.05, 0.1) is 11.4 Å². The molecular formula is C21H18FN5. The van der Waals surface area contributed by atoms with Crippen LogP contribution in [0.3, 0.4) is 0 Å². The molecule has 3 heterocycles. The maximum Gasteiger partial charge on any atom is 0.123 e. The van der Waals surface area contributed by atoms with Crippen molar-refractivity contribution in [3.63, 3.8) is 0 Å². The van der Waals surface area contributed by atoms with E-state index in [0.717, 1.165) is 17.0 Å². The normalized spacial score (nSPS) is 18.9. The minimum Gasteiger partial charge on any atom is -0.398 e. The molecule has 0 fully saturated rings. The molecule has 27 heavy (non-hydrogen) atoms. The fraction of sp³-hybridized carbons (Fsp3) is 0.0476. The minimum absolute atomic E-state index is 0.00946. The number of allylic oxidation sites excluding steroid dienone is 3. The van der Waals surface area contributed by atoms with E-state index in [1.165, 1.54) is 18.3 Å². The second-order valence-corrected chi connectivity index (χ2v) is 6.19. The van der Waals surface area contributed by atoms with Gasteiger partial charge in [0.15, 0.2) is 0 Å². The van der Waals surface area contributed by atoms with E-state index in [4.69, 9.17) is 11.1 Å². The fourth-order valence-electron chi connectivity index (χ4n) is 3.14. The van der Waals surface area contributed by atoms with Crippen LogP contribution in [0.5, 0.6) is 0 Å². The van der Waals surface area contributed by atoms with E-state index in [1.54, 1.807) is 18.3 Å². The third-order valence-corrected chi connectivity index (χ3v) is 4.53. The molecule has 0 saturated heterocycles. The van der Waals surface area contributed by atoms with Crippen LogP contribution in [0.25, 0.3) is 11.4 Å². The summed E-state index contributed by atoms with van der Waals surface area (Å²) in [6.45, 7) is 0. The maximum atomic E-state index is 13.2. The molecule has 134 valence electrons.